The van der Waals surface area contributed by atoms with Crippen molar-refractivity contribution in [2.75, 3.05) is 25.5 Å². The van der Waals surface area contributed by atoms with Gasteiger partial charge < -0.3 is 31.0 Å². The van der Waals surface area contributed by atoms with E-state index in [1.54, 1.807) is 18.7 Å². The highest BCUT2D eigenvalue weighted by Crippen LogP contribution is 2.51. The summed E-state index contributed by atoms with van der Waals surface area (Å²) in [6, 6.07) is 14.3. The van der Waals surface area contributed by atoms with Gasteiger partial charge in [-0.1, -0.05) is 36.4 Å². The number of likely N-dealkylation sites (tertiary alicyclic amines) is 1. The molecule has 12 heteroatoms. The quantitative estimate of drug-likeness (QED) is 0.278. The second-order valence-electron chi connectivity index (χ2n) is 12.9. The van der Waals surface area contributed by atoms with Crippen LogP contribution >= 0.6 is 0 Å². The number of nitrogens with two attached hydrogens (primary N) is 1. The molecule has 1 spiro atoms. The maximum absolute atomic E-state index is 14.1. The minimum absolute atomic E-state index is 0.251. The van der Waals surface area contributed by atoms with E-state index in [4.69, 9.17) is 10.5 Å². The number of carbonyl (C=O) groups excluding carboxylic acids is 3. The van der Waals surface area contributed by atoms with Crippen molar-refractivity contribution in [3.63, 3.8) is 0 Å². The molecule has 1 unspecified atom stereocenters. The molecule has 2 aliphatic heterocycles. The number of aromatic amines is 1. The third kappa shape index (κ3) is 5.23. The first kappa shape index (κ1) is 31.5. The number of amides is 2. The largest absolute Gasteiger partial charge is 0.468 e. The first-order valence-electron chi connectivity index (χ1n) is 14.7. The van der Waals surface area contributed by atoms with Crippen LogP contribution in [0.2, 0.25) is 0 Å². The van der Waals surface area contributed by atoms with Crippen LogP contribution < -0.4 is 16.4 Å². The number of piperidine rings is 1. The van der Waals surface area contributed by atoms with E-state index in [1.165, 1.54) is 21.0 Å². The van der Waals surface area contributed by atoms with Gasteiger partial charge in [-0.05, 0) is 63.8 Å². The Balaban J connectivity index is 1.44. The zero-order valence-corrected chi connectivity index (χ0v) is 26.6. The fourth-order valence-corrected chi connectivity index (χ4v) is 8.58. The molecule has 236 valence electrons. The van der Waals surface area contributed by atoms with Crippen LogP contribution in [0.25, 0.3) is 10.9 Å². The van der Waals surface area contributed by atoms with Gasteiger partial charge in [-0.3, -0.25) is 14.4 Å². The SMILES string of the molecule is COC(=O)C(C)(C)S(=O)(=O)C1Nc2ccccc2C12CCN(C(=O)[C@@H](Cc1c[nH]c3ccccc13)NC(=O)C(C)(C)N)CC2. The zero-order chi connectivity index (χ0) is 32.1. The third-order valence-electron chi connectivity index (χ3n) is 9.21. The van der Waals surface area contributed by atoms with E-state index in [0.717, 1.165) is 22.0 Å². The topological polar surface area (TPSA) is 164 Å². The molecule has 2 aliphatic rings. The maximum Gasteiger partial charge on any atom is 0.326 e. The van der Waals surface area contributed by atoms with Gasteiger partial charge in [0.25, 0.3) is 0 Å². The number of sulfone groups is 1. The lowest BCUT2D eigenvalue weighted by Gasteiger charge is -2.44. The lowest BCUT2D eigenvalue weighted by Crippen LogP contribution is -2.60. The van der Waals surface area contributed by atoms with Gasteiger partial charge in [0.15, 0.2) is 14.6 Å². The Morgan fingerprint density at radius 2 is 1.70 bits per heavy atom. The maximum atomic E-state index is 14.1. The summed E-state index contributed by atoms with van der Waals surface area (Å²) in [7, 11) is -2.96. The van der Waals surface area contributed by atoms with Crippen molar-refractivity contribution in [1.82, 2.24) is 15.2 Å². The number of benzene rings is 2. The number of para-hydroxylation sites is 2. The standard InChI is InChI=1S/C32H41N5O6S/c1-30(2,33)27(39)35-25(18-20-19-34-23-12-8-6-10-21(20)23)26(38)37-16-14-32(15-17-37)22-11-7-9-13-24(22)36-28(32)44(41,42)31(3,4)29(40)43-5/h6-13,19,25,28,34,36H,14-18,33H2,1-5H3,(H,35,39)/t25-,28?/m1/s1. The van der Waals surface area contributed by atoms with E-state index >= 15 is 0 Å². The van der Waals surface area contributed by atoms with Gasteiger partial charge in [0.1, 0.15) is 11.4 Å². The molecule has 0 radical (unpaired) electrons. The molecule has 1 fully saturated rings. The van der Waals surface area contributed by atoms with Crippen LogP contribution in [0, 0.1) is 0 Å². The van der Waals surface area contributed by atoms with Crippen LogP contribution in [0.5, 0.6) is 0 Å². The van der Waals surface area contributed by atoms with E-state index in [9.17, 15) is 22.8 Å². The van der Waals surface area contributed by atoms with E-state index in [-0.39, 0.29) is 25.4 Å². The van der Waals surface area contributed by atoms with Crippen molar-refractivity contribution in [3.05, 3.63) is 65.9 Å². The number of esters is 1. The Kier molecular flexibility index (Phi) is 8.04. The predicted molar refractivity (Wildman–Crippen MR) is 169 cm³/mol. The molecular weight excluding hydrogens is 582 g/mol. The fourth-order valence-electron chi connectivity index (χ4n) is 6.44. The molecule has 1 saturated heterocycles. The van der Waals surface area contributed by atoms with Gasteiger partial charge in [0.05, 0.1) is 12.6 Å². The average Bonchev–Trinajstić information content (AvgIpc) is 3.55. The van der Waals surface area contributed by atoms with Crippen LogP contribution in [0.15, 0.2) is 54.7 Å². The lowest BCUT2D eigenvalue weighted by atomic mass is 9.74. The summed E-state index contributed by atoms with van der Waals surface area (Å²) in [6.07, 6.45) is 2.76. The number of ether oxygens (including phenoxy) is 1. The number of methoxy groups -OCH3 is 1. The van der Waals surface area contributed by atoms with Crippen molar-refractivity contribution in [3.8, 4) is 0 Å². The molecule has 44 heavy (non-hydrogen) atoms. The van der Waals surface area contributed by atoms with Gasteiger partial charge in [0.2, 0.25) is 11.8 Å². The number of fused-ring (bicyclic) bond motifs is 3. The number of anilines is 1. The molecule has 5 N–H and O–H groups in total. The van der Waals surface area contributed by atoms with Crippen molar-refractivity contribution in [2.45, 2.75) is 74.1 Å². The molecule has 0 aliphatic carbocycles. The molecule has 3 heterocycles. The number of nitrogens with one attached hydrogen (secondary N) is 3. The van der Waals surface area contributed by atoms with Crippen molar-refractivity contribution in [2.24, 2.45) is 5.73 Å². The number of hydrogen-bond donors (Lipinski definition) is 4. The Hall–Kier alpha value is -3.90. The molecule has 1 aromatic heterocycles. The smallest absolute Gasteiger partial charge is 0.326 e. The number of carbonyl (C=O) groups is 3. The van der Waals surface area contributed by atoms with Crippen LogP contribution in [0.4, 0.5) is 5.69 Å². The Bertz CT molecular complexity index is 1700. The normalized spacial score (nSPS) is 18.9. The highest BCUT2D eigenvalue weighted by atomic mass is 32.2. The van der Waals surface area contributed by atoms with Crippen molar-refractivity contribution < 1.29 is 27.5 Å². The number of hydrogen-bond acceptors (Lipinski definition) is 8. The highest BCUT2D eigenvalue weighted by Gasteiger charge is 2.60. The minimum atomic E-state index is -4.13. The van der Waals surface area contributed by atoms with Gasteiger partial charge in [-0.2, -0.15) is 0 Å². The molecule has 2 aromatic carbocycles. The first-order chi connectivity index (χ1) is 20.6. The molecular formula is C32H41N5O6S. The van der Waals surface area contributed by atoms with E-state index in [1.807, 2.05) is 54.7 Å². The van der Waals surface area contributed by atoms with Crippen LogP contribution in [-0.2, 0) is 40.8 Å². The molecule has 11 nitrogen and oxygen atoms in total. The molecule has 5 rings (SSSR count). The average molecular weight is 624 g/mol. The zero-order valence-electron chi connectivity index (χ0n) is 25.8. The summed E-state index contributed by atoms with van der Waals surface area (Å²) < 4.78 is 31.3. The summed E-state index contributed by atoms with van der Waals surface area (Å²) in [4.78, 5) is 44.6. The summed E-state index contributed by atoms with van der Waals surface area (Å²) in [5.74, 6) is -1.55. The van der Waals surface area contributed by atoms with Gasteiger partial charge >= 0.3 is 5.97 Å². The Morgan fingerprint density at radius 1 is 1.07 bits per heavy atom. The molecule has 0 bridgehead atoms. The second-order valence-corrected chi connectivity index (χ2v) is 15.5. The first-order valence-corrected chi connectivity index (χ1v) is 16.3. The summed E-state index contributed by atoms with van der Waals surface area (Å²) in [5.41, 5.74) is 7.34. The van der Waals surface area contributed by atoms with Crippen molar-refractivity contribution >= 4 is 44.2 Å². The molecule has 2 amide bonds. The summed E-state index contributed by atoms with van der Waals surface area (Å²) in [5, 5.41) is 5.94. The Morgan fingerprint density at radius 3 is 2.36 bits per heavy atom. The minimum Gasteiger partial charge on any atom is -0.468 e. The van der Waals surface area contributed by atoms with Crippen LogP contribution in [0.3, 0.4) is 0 Å². The predicted octanol–water partition coefficient (Wildman–Crippen LogP) is 2.61. The fraction of sp³-hybridized carbons (Fsp3) is 0.469. The van der Waals surface area contributed by atoms with Crippen LogP contribution in [0.1, 0.15) is 51.7 Å². The second kappa shape index (κ2) is 11.2. The molecule has 0 saturated carbocycles. The monoisotopic (exact) mass is 623 g/mol. The lowest BCUT2D eigenvalue weighted by molar-refractivity contribution is -0.142. The van der Waals surface area contributed by atoms with Crippen molar-refractivity contribution in [1.29, 1.82) is 0 Å². The highest BCUT2D eigenvalue weighted by molar-refractivity contribution is 7.94. The van der Waals surface area contributed by atoms with E-state index in [2.05, 4.69) is 15.6 Å². The number of nitrogens with zero attached hydrogens (tertiary/aromatic N) is 1. The summed E-state index contributed by atoms with van der Waals surface area (Å²) in [6.45, 7) is 6.41. The summed E-state index contributed by atoms with van der Waals surface area (Å²) >= 11 is 0. The van der Waals surface area contributed by atoms with Gasteiger partial charge in [-0.15, -0.1) is 0 Å². The third-order valence-corrected chi connectivity index (χ3v) is 12.0. The molecule has 2 atom stereocenters. The van der Waals surface area contributed by atoms with Gasteiger partial charge in [-0.25, -0.2) is 8.42 Å². The van der Waals surface area contributed by atoms with Crippen LogP contribution in [-0.4, -0.2) is 78.0 Å². The number of aromatic nitrogens is 1. The Labute approximate surface area is 257 Å². The van der Waals surface area contributed by atoms with Gasteiger partial charge in [0, 0.05) is 47.7 Å². The van der Waals surface area contributed by atoms with E-state index in [0.29, 0.717) is 18.5 Å². The molecule has 3 aromatic rings. The number of H-pyrrole nitrogens is 1. The van der Waals surface area contributed by atoms with E-state index < -0.39 is 48.8 Å². The number of rotatable bonds is 8.